The first-order chi connectivity index (χ1) is 14.0. The van der Waals surface area contributed by atoms with Crippen molar-refractivity contribution >= 4 is 12.0 Å². The fraction of sp³-hybridized carbons (Fsp3) is 0.423. The van der Waals surface area contributed by atoms with Gasteiger partial charge in [0.25, 0.3) is 0 Å². The van der Waals surface area contributed by atoms with Gasteiger partial charge in [0, 0.05) is 5.92 Å². The SMILES string of the molecule is CC(C)C[C@@](O)(C=Cc1ccccc1)C(=O)O[C@@H]1CCCC[C@H]1c1ccccc1. The van der Waals surface area contributed by atoms with Gasteiger partial charge < -0.3 is 9.84 Å². The zero-order valence-electron chi connectivity index (χ0n) is 17.5. The first-order valence-electron chi connectivity index (χ1n) is 10.7. The highest BCUT2D eigenvalue weighted by molar-refractivity contribution is 5.83. The Labute approximate surface area is 174 Å². The van der Waals surface area contributed by atoms with Gasteiger partial charge in [-0.25, -0.2) is 4.79 Å². The predicted molar refractivity (Wildman–Crippen MR) is 117 cm³/mol. The largest absolute Gasteiger partial charge is 0.459 e. The molecule has 0 bridgehead atoms. The molecule has 0 heterocycles. The Morgan fingerprint density at radius 1 is 1.07 bits per heavy atom. The summed E-state index contributed by atoms with van der Waals surface area (Å²) in [6, 6.07) is 20.0. The van der Waals surface area contributed by atoms with Crippen molar-refractivity contribution in [3.05, 3.63) is 77.9 Å². The fourth-order valence-corrected chi connectivity index (χ4v) is 4.20. The minimum atomic E-state index is -1.62. The summed E-state index contributed by atoms with van der Waals surface area (Å²) < 4.78 is 5.97. The standard InChI is InChI=1S/C26H32O3/c1-20(2)19-26(28,18-17-21-11-5-3-6-12-21)25(27)29-24-16-10-9-15-23(24)22-13-7-4-8-14-22/h3-8,11-14,17-18,20,23-24,28H,9-10,15-16,19H2,1-2H3/t23-,24+,26-/m0/s1. The van der Waals surface area contributed by atoms with Crippen LogP contribution in [0.4, 0.5) is 0 Å². The van der Waals surface area contributed by atoms with Crippen molar-refractivity contribution in [1.29, 1.82) is 0 Å². The second-order valence-electron chi connectivity index (χ2n) is 8.51. The molecule has 1 aliphatic carbocycles. The third kappa shape index (κ3) is 5.80. The molecule has 29 heavy (non-hydrogen) atoms. The van der Waals surface area contributed by atoms with Gasteiger partial charge in [-0.05, 0) is 48.8 Å². The van der Waals surface area contributed by atoms with E-state index < -0.39 is 11.6 Å². The maximum absolute atomic E-state index is 13.1. The smallest absolute Gasteiger partial charge is 0.342 e. The Kier molecular flexibility index (Phi) is 7.27. The van der Waals surface area contributed by atoms with Gasteiger partial charge in [0.05, 0.1) is 0 Å². The number of hydrogen-bond donors (Lipinski definition) is 1. The number of aliphatic hydroxyl groups is 1. The van der Waals surface area contributed by atoms with Crippen molar-refractivity contribution in [2.75, 3.05) is 0 Å². The first kappa shape index (κ1) is 21.3. The van der Waals surface area contributed by atoms with Crippen LogP contribution in [0.1, 0.15) is 63.0 Å². The molecule has 2 aromatic rings. The summed E-state index contributed by atoms with van der Waals surface area (Å²) in [4.78, 5) is 13.1. The van der Waals surface area contributed by atoms with Gasteiger partial charge in [-0.2, -0.15) is 0 Å². The molecule has 1 fully saturated rings. The molecule has 3 rings (SSSR count). The number of ether oxygens (including phenoxy) is 1. The van der Waals surface area contributed by atoms with Crippen LogP contribution < -0.4 is 0 Å². The van der Waals surface area contributed by atoms with Crippen molar-refractivity contribution in [1.82, 2.24) is 0 Å². The zero-order chi connectivity index (χ0) is 20.7. The van der Waals surface area contributed by atoms with Crippen LogP contribution in [0.15, 0.2) is 66.7 Å². The lowest BCUT2D eigenvalue weighted by Crippen LogP contribution is -2.43. The van der Waals surface area contributed by atoms with E-state index in [1.165, 1.54) is 5.56 Å². The minimum absolute atomic E-state index is 0.157. The first-order valence-corrected chi connectivity index (χ1v) is 10.7. The van der Waals surface area contributed by atoms with Crippen LogP contribution in [0.25, 0.3) is 6.08 Å². The normalized spacial score (nSPS) is 21.8. The van der Waals surface area contributed by atoms with E-state index in [1.54, 1.807) is 12.2 Å². The molecule has 2 aromatic carbocycles. The lowest BCUT2D eigenvalue weighted by Gasteiger charge is -2.34. The quantitative estimate of drug-likeness (QED) is 0.611. The number of esters is 1. The van der Waals surface area contributed by atoms with E-state index in [1.807, 2.05) is 62.4 Å². The highest BCUT2D eigenvalue weighted by Gasteiger charge is 2.39. The molecular formula is C26H32O3. The van der Waals surface area contributed by atoms with Gasteiger partial charge in [-0.1, -0.05) is 87.0 Å². The molecule has 0 aromatic heterocycles. The van der Waals surface area contributed by atoms with Crippen molar-refractivity contribution in [3.8, 4) is 0 Å². The topological polar surface area (TPSA) is 46.5 Å². The lowest BCUT2D eigenvalue weighted by atomic mass is 9.81. The van der Waals surface area contributed by atoms with Crippen molar-refractivity contribution in [3.63, 3.8) is 0 Å². The lowest BCUT2D eigenvalue weighted by molar-refractivity contribution is -0.170. The molecule has 0 spiro atoms. The third-order valence-corrected chi connectivity index (χ3v) is 5.61. The average Bonchev–Trinajstić information content (AvgIpc) is 2.73. The summed E-state index contributed by atoms with van der Waals surface area (Å²) >= 11 is 0. The van der Waals surface area contributed by atoms with Gasteiger partial charge in [0.2, 0.25) is 0 Å². The van der Waals surface area contributed by atoms with E-state index in [2.05, 4.69) is 12.1 Å². The van der Waals surface area contributed by atoms with Crippen LogP contribution in [0.5, 0.6) is 0 Å². The molecule has 1 aliphatic rings. The Bertz CT molecular complexity index is 797. The maximum atomic E-state index is 13.1. The number of rotatable bonds is 7. The molecule has 3 nitrogen and oxygen atoms in total. The average molecular weight is 393 g/mol. The Morgan fingerprint density at radius 3 is 2.34 bits per heavy atom. The molecule has 0 amide bonds. The molecule has 3 atom stereocenters. The van der Waals surface area contributed by atoms with Gasteiger partial charge in [0.1, 0.15) is 6.10 Å². The Balaban J connectivity index is 1.78. The third-order valence-electron chi connectivity index (χ3n) is 5.61. The highest BCUT2D eigenvalue weighted by Crippen LogP contribution is 2.36. The van der Waals surface area contributed by atoms with E-state index in [4.69, 9.17) is 4.74 Å². The van der Waals surface area contributed by atoms with Crippen molar-refractivity contribution in [2.24, 2.45) is 5.92 Å². The molecule has 0 aliphatic heterocycles. The summed E-state index contributed by atoms with van der Waals surface area (Å²) in [5.74, 6) is -0.189. The van der Waals surface area contributed by atoms with E-state index in [-0.39, 0.29) is 17.9 Å². The molecule has 0 radical (unpaired) electrons. The van der Waals surface area contributed by atoms with Crippen molar-refractivity contribution < 1.29 is 14.6 Å². The van der Waals surface area contributed by atoms with Gasteiger partial charge in [-0.15, -0.1) is 0 Å². The fourth-order valence-electron chi connectivity index (χ4n) is 4.20. The molecule has 3 heteroatoms. The number of carbonyl (C=O) groups is 1. The molecule has 0 unspecified atom stereocenters. The second kappa shape index (κ2) is 9.89. The number of carbonyl (C=O) groups excluding carboxylic acids is 1. The van der Waals surface area contributed by atoms with Gasteiger partial charge in [-0.3, -0.25) is 0 Å². The number of hydrogen-bond acceptors (Lipinski definition) is 3. The van der Waals surface area contributed by atoms with E-state index in [0.29, 0.717) is 6.42 Å². The van der Waals surface area contributed by atoms with Crippen molar-refractivity contribution in [2.45, 2.75) is 63.6 Å². The van der Waals surface area contributed by atoms with Gasteiger partial charge in [0.15, 0.2) is 5.60 Å². The van der Waals surface area contributed by atoms with Crippen LogP contribution in [-0.2, 0) is 9.53 Å². The number of benzene rings is 2. The Morgan fingerprint density at radius 2 is 1.69 bits per heavy atom. The Hall–Kier alpha value is -2.39. The minimum Gasteiger partial charge on any atom is -0.459 e. The molecular weight excluding hydrogens is 360 g/mol. The maximum Gasteiger partial charge on any atom is 0.342 e. The van der Waals surface area contributed by atoms with Crippen LogP contribution in [0.2, 0.25) is 0 Å². The molecule has 1 saturated carbocycles. The van der Waals surface area contributed by atoms with Crippen LogP contribution in [0, 0.1) is 5.92 Å². The molecule has 0 saturated heterocycles. The summed E-state index contributed by atoms with van der Waals surface area (Å²) in [5.41, 5.74) is 0.530. The monoisotopic (exact) mass is 392 g/mol. The highest BCUT2D eigenvalue weighted by atomic mass is 16.6. The summed E-state index contributed by atoms with van der Waals surface area (Å²) in [6.07, 6.45) is 7.57. The zero-order valence-corrected chi connectivity index (χ0v) is 17.5. The summed E-state index contributed by atoms with van der Waals surface area (Å²) in [6.45, 7) is 4.00. The van der Waals surface area contributed by atoms with E-state index in [0.717, 1.165) is 31.2 Å². The van der Waals surface area contributed by atoms with Crippen LogP contribution in [0.3, 0.4) is 0 Å². The predicted octanol–water partition coefficient (Wildman–Crippen LogP) is 5.75. The molecule has 154 valence electrons. The van der Waals surface area contributed by atoms with E-state index >= 15 is 0 Å². The summed E-state index contributed by atoms with van der Waals surface area (Å²) in [5, 5.41) is 11.2. The van der Waals surface area contributed by atoms with E-state index in [9.17, 15) is 9.90 Å². The molecule has 1 N–H and O–H groups in total. The van der Waals surface area contributed by atoms with Crippen LogP contribution >= 0.6 is 0 Å². The van der Waals surface area contributed by atoms with Crippen LogP contribution in [-0.4, -0.2) is 22.8 Å². The van der Waals surface area contributed by atoms with Gasteiger partial charge >= 0.3 is 5.97 Å². The second-order valence-corrected chi connectivity index (χ2v) is 8.51. The summed E-state index contributed by atoms with van der Waals surface area (Å²) in [7, 11) is 0.